The Morgan fingerprint density at radius 3 is 2.55 bits per heavy atom. The number of aliphatic hydroxyl groups is 1. The van der Waals surface area contributed by atoms with E-state index in [-0.39, 0.29) is 11.4 Å². The molecule has 110 valence electrons. The smallest absolute Gasteiger partial charge is 0.287 e. The number of hydrogen-bond acceptors (Lipinski definition) is 5. The molecule has 1 unspecified atom stereocenters. The third-order valence-electron chi connectivity index (χ3n) is 2.47. The molecule has 8 nitrogen and oxygen atoms in total. The summed E-state index contributed by atoms with van der Waals surface area (Å²) in [5.74, 6) is -1.53. The number of rotatable bonds is 6. The molecule has 0 bridgehead atoms. The van der Waals surface area contributed by atoms with Gasteiger partial charge in [0, 0.05) is 13.1 Å². The van der Waals surface area contributed by atoms with Gasteiger partial charge in [-0.2, -0.15) is 0 Å². The Kier molecular flexibility index (Phi) is 5.49. The molecule has 1 amide bonds. The maximum absolute atomic E-state index is 12.1. The Balaban J connectivity index is 2.97. The largest absolute Gasteiger partial charge is 0.394 e. The van der Waals surface area contributed by atoms with Crippen LogP contribution in [0, 0.1) is 10.1 Å². The molecular formula is C10H11Cl2N3O5. The van der Waals surface area contributed by atoms with Gasteiger partial charge in [0.15, 0.2) is 4.84 Å². The second-order valence-corrected chi connectivity index (χ2v) is 4.96. The van der Waals surface area contributed by atoms with E-state index in [1.165, 1.54) is 11.6 Å². The lowest BCUT2D eigenvalue weighted by Crippen LogP contribution is -2.45. The quantitative estimate of drug-likeness (QED) is 0.340. The number of carbonyl (C=O) groups is 2. The normalized spacial score (nSPS) is 12.2. The van der Waals surface area contributed by atoms with E-state index >= 15 is 0 Å². The summed E-state index contributed by atoms with van der Waals surface area (Å²) in [7, 11) is 1.43. The molecule has 0 aromatic carbocycles. The van der Waals surface area contributed by atoms with E-state index in [1.807, 2.05) is 0 Å². The first-order chi connectivity index (χ1) is 9.27. The minimum absolute atomic E-state index is 0.0308. The molecule has 1 aromatic heterocycles. The van der Waals surface area contributed by atoms with Crippen molar-refractivity contribution in [2.75, 3.05) is 6.61 Å². The van der Waals surface area contributed by atoms with Gasteiger partial charge < -0.3 is 15.0 Å². The van der Waals surface area contributed by atoms with Crippen molar-refractivity contribution in [3.63, 3.8) is 0 Å². The first-order valence-corrected chi connectivity index (χ1v) is 6.19. The van der Waals surface area contributed by atoms with Crippen molar-refractivity contribution in [1.29, 1.82) is 0 Å². The highest BCUT2D eigenvalue weighted by atomic mass is 35.5. The minimum atomic E-state index is -1.39. The Labute approximate surface area is 123 Å². The van der Waals surface area contributed by atoms with Crippen molar-refractivity contribution in [3.8, 4) is 0 Å². The van der Waals surface area contributed by atoms with Crippen LogP contribution in [-0.4, -0.2) is 43.8 Å². The van der Waals surface area contributed by atoms with Crippen molar-refractivity contribution >= 4 is 40.6 Å². The van der Waals surface area contributed by atoms with E-state index < -0.39 is 34.1 Å². The predicted octanol–water partition coefficient (Wildman–Crippen LogP) is 0.397. The highest BCUT2D eigenvalue weighted by molar-refractivity contribution is 6.53. The van der Waals surface area contributed by atoms with Gasteiger partial charge in [-0.25, -0.2) is 0 Å². The number of hydrogen-bond donors (Lipinski definition) is 2. The molecule has 1 heterocycles. The van der Waals surface area contributed by atoms with E-state index in [1.54, 1.807) is 0 Å². The molecule has 1 aromatic rings. The Morgan fingerprint density at radius 1 is 1.55 bits per heavy atom. The van der Waals surface area contributed by atoms with E-state index in [0.717, 1.165) is 12.3 Å². The lowest BCUT2D eigenvalue weighted by molar-refractivity contribution is -0.384. The molecule has 0 spiro atoms. The van der Waals surface area contributed by atoms with Crippen LogP contribution in [0.15, 0.2) is 12.3 Å². The van der Waals surface area contributed by atoms with Gasteiger partial charge in [0.25, 0.3) is 11.6 Å². The molecule has 10 heteroatoms. The molecule has 20 heavy (non-hydrogen) atoms. The molecular weight excluding hydrogens is 313 g/mol. The molecule has 2 N–H and O–H groups in total. The van der Waals surface area contributed by atoms with Crippen LogP contribution in [0.4, 0.5) is 5.69 Å². The van der Waals surface area contributed by atoms with E-state index in [2.05, 4.69) is 5.32 Å². The van der Waals surface area contributed by atoms with Crippen molar-refractivity contribution in [2.24, 2.45) is 7.05 Å². The predicted molar refractivity (Wildman–Crippen MR) is 70.9 cm³/mol. The van der Waals surface area contributed by atoms with E-state index in [4.69, 9.17) is 28.3 Å². The number of halogens is 2. The first kappa shape index (κ1) is 16.4. The standard InChI is InChI=1S/C10H11Cl2N3O5/c1-14-3-5(15(19)20)2-7(14)8(17)6(4-16)13-10(18)9(11)12/h2-3,6,9,16H,4H2,1H3,(H,13,18). The summed E-state index contributed by atoms with van der Waals surface area (Å²) in [6.45, 7) is -0.690. The maximum atomic E-state index is 12.1. The van der Waals surface area contributed by atoms with E-state index in [9.17, 15) is 19.7 Å². The summed E-state index contributed by atoms with van der Waals surface area (Å²) < 4.78 is 1.23. The zero-order valence-electron chi connectivity index (χ0n) is 10.2. The number of aromatic nitrogens is 1. The summed E-state index contributed by atoms with van der Waals surface area (Å²) in [5.41, 5.74) is -0.303. The summed E-state index contributed by atoms with van der Waals surface area (Å²) in [5, 5.41) is 21.9. The van der Waals surface area contributed by atoms with Gasteiger partial charge in [0.05, 0.1) is 23.4 Å². The summed E-state index contributed by atoms with van der Waals surface area (Å²) in [6, 6.07) is -0.230. The lowest BCUT2D eigenvalue weighted by Gasteiger charge is -2.15. The molecule has 1 rings (SSSR count). The van der Waals surface area contributed by atoms with Crippen LogP contribution >= 0.6 is 23.2 Å². The van der Waals surface area contributed by atoms with Gasteiger partial charge in [-0.15, -0.1) is 0 Å². The number of amides is 1. The number of aliphatic hydroxyl groups excluding tert-OH is 1. The van der Waals surface area contributed by atoms with Crippen LogP contribution < -0.4 is 5.32 Å². The Bertz CT molecular complexity index is 543. The number of ketones is 1. The average Bonchev–Trinajstić information content (AvgIpc) is 2.77. The molecule has 0 radical (unpaired) electrons. The van der Waals surface area contributed by atoms with Crippen LogP contribution in [0.25, 0.3) is 0 Å². The van der Waals surface area contributed by atoms with Crippen molar-refractivity contribution < 1.29 is 19.6 Å². The molecule has 0 aliphatic rings. The van der Waals surface area contributed by atoms with Gasteiger partial charge in [-0.05, 0) is 0 Å². The second-order valence-electron chi connectivity index (χ2n) is 3.86. The number of Topliss-reactive ketones (excluding diaryl/α,β-unsaturated/α-hetero) is 1. The molecule has 0 saturated carbocycles. The summed E-state index contributed by atoms with van der Waals surface area (Å²) >= 11 is 10.6. The second kappa shape index (κ2) is 6.69. The zero-order chi connectivity index (χ0) is 15.4. The number of nitro groups is 1. The average molecular weight is 324 g/mol. The maximum Gasteiger partial charge on any atom is 0.287 e. The van der Waals surface area contributed by atoms with Crippen molar-refractivity contribution in [3.05, 3.63) is 28.1 Å². The third-order valence-corrected chi connectivity index (χ3v) is 2.86. The fourth-order valence-corrected chi connectivity index (χ4v) is 1.63. The number of alkyl halides is 2. The highest BCUT2D eigenvalue weighted by Crippen LogP contribution is 2.16. The number of carbonyl (C=O) groups excluding carboxylic acids is 2. The third kappa shape index (κ3) is 3.69. The van der Waals surface area contributed by atoms with Gasteiger partial charge in [-0.1, -0.05) is 23.2 Å². The summed E-state index contributed by atoms with van der Waals surface area (Å²) in [4.78, 5) is 32.0. The van der Waals surface area contributed by atoms with Crippen LogP contribution in [0.2, 0.25) is 0 Å². The SMILES string of the molecule is Cn1cc([N+](=O)[O-])cc1C(=O)C(CO)NC(=O)C(Cl)Cl. The van der Waals surface area contributed by atoms with Crippen LogP contribution in [0.3, 0.4) is 0 Å². The topological polar surface area (TPSA) is 114 Å². The van der Waals surface area contributed by atoms with Crippen LogP contribution in [-0.2, 0) is 11.8 Å². The summed E-state index contributed by atoms with van der Waals surface area (Å²) in [6.07, 6.45) is 1.15. The Hall–Kier alpha value is -1.64. The molecule has 0 fully saturated rings. The molecule has 0 aliphatic carbocycles. The number of aryl methyl sites for hydroxylation is 1. The molecule has 0 aliphatic heterocycles. The highest BCUT2D eigenvalue weighted by Gasteiger charge is 2.27. The number of nitrogens with one attached hydrogen (secondary N) is 1. The van der Waals surface area contributed by atoms with E-state index in [0.29, 0.717) is 0 Å². The van der Waals surface area contributed by atoms with Gasteiger partial charge in [-0.3, -0.25) is 19.7 Å². The lowest BCUT2D eigenvalue weighted by atomic mass is 10.1. The monoisotopic (exact) mass is 323 g/mol. The fourth-order valence-electron chi connectivity index (χ4n) is 1.50. The van der Waals surface area contributed by atoms with Gasteiger partial charge >= 0.3 is 0 Å². The zero-order valence-corrected chi connectivity index (χ0v) is 11.8. The van der Waals surface area contributed by atoms with Crippen LogP contribution in [0.1, 0.15) is 10.5 Å². The molecule has 0 saturated heterocycles. The fraction of sp³-hybridized carbons (Fsp3) is 0.400. The van der Waals surface area contributed by atoms with Gasteiger partial charge in [0.2, 0.25) is 5.78 Å². The van der Waals surface area contributed by atoms with Crippen molar-refractivity contribution in [1.82, 2.24) is 9.88 Å². The Morgan fingerprint density at radius 2 is 2.15 bits per heavy atom. The van der Waals surface area contributed by atoms with Crippen LogP contribution in [0.5, 0.6) is 0 Å². The molecule has 1 atom stereocenters. The van der Waals surface area contributed by atoms with Crippen molar-refractivity contribution in [2.45, 2.75) is 10.9 Å². The minimum Gasteiger partial charge on any atom is -0.394 e. The first-order valence-electron chi connectivity index (χ1n) is 5.32. The number of nitrogens with zero attached hydrogens (tertiary/aromatic N) is 2. The van der Waals surface area contributed by atoms with Gasteiger partial charge in [0.1, 0.15) is 6.04 Å².